The summed E-state index contributed by atoms with van der Waals surface area (Å²) in [6, 6.07) is 31.1. The van der Waals surface area contributed by atoms with Crippen LogP contribution in [0.25, 0.3) is 49.9 Å². The van der Waals surface area contributed by atoms with Crippen molar-refractivity contribution in [2.45, 2.75) is 65.7 Å². The molecule has 117 heavy (non-hydrogen) atoms. The van der Waals surface area contributed by atoms with Crippen LogP contribution in [0.2, 0.25) is 0 Å². The minimum Gasteiger partial charge on any atom is -0.492 e. The summed E-state index contributed by atoms with van der Waals surface area (Å²) < 4.78 is 35.1. The van der Waals surface area contributed by atoms with E-state index in [-0.39, 0.29) is 35.4 Å². The number of halogens is 1. The molecule has 0 N–H and O–H groups in total. The number of amides is 3. The number of hydrogen-bond donors (Lipinski definition) is 0. The van der Waals surface area contributed by atoms with Crippen LogP contribution in [0, 0.1) is 80.7 Å². The monoisotopic (exact) mass is 1560 g/mol. The van der Waals surface area contributed by atoms with Gasteiger partial charge < -0.3 is 43.6 Å². The molecule has 4 fully saturated rings. The number of nitrogens with zero attached hydrogens (tertiary/aromatic N) is 22. The van der Waals surface area contributed by atoms with E-state index in [0.717, 1.165) is 93.4 Å². The van der Waals surface area contributed by atoms with Gasteiger partial charge in [-0.3, -0.25) is 24.4 Å². The zero-order valence-electron chi connectivity index (χ0n) is 64.9. The first kappa shape index (κ1) is 78.9. The summed E-state index contributed by atoms with van der Waals surface area (Å²) in [5.74, 6) is 22.9. The lowest BCUT2D eigenvalue weighted by molar-refractivity contribution is -0.132. The molecule has 586 valence electrons. The number of hydrogen-bond acceptors (Lipinski definition) is 22. The maximum Gasteiger partial charge on any atom is 0.234 e. The zero-order chi connectivity index (χ0) is 81.0. The number of nitriles is 3. The van der Waals surface area contributed by atoms with E-state index in [4.69, 9.17) is 24.2 Å². The molecule has 0 unspecified atom stereocenters. The van der Waals surface area contributed by atoms with Crippen LogP contribution < -0.4 is 28.9 Å². The summed E-state index contributed by atoms with van der Waals surface area (Å²) in [5.41, 5.74) is 10.9. The molecule has 15 heterocycles. The minimum absolute atomic E-state index is 0.0135. The molecular formula is C88H81FN22O6. The topological polar surface area (TPSA) is 312 Å². The van der Waals surface area contributed by atoms with E-state index in [9.17, 15) is 34.6 Å². The molecule has 12 aromatic rings. The third-order valence-corrected chi connectivity index (χ3v) is 20.3. The number of carbonyl (C=O) groups excluding carboxylic acids is 3. The van der Waals surface area contributed by atoms with Gasteiger partial charge in [-0.05, 0) is 112 Å². The van der Waals surface area contributed by atoms with Gasteiger partial charge in [0.2, 0.25) is 17.7 Å². The number of carbonyl (C=O) groups is 3. The Kier molecular flexibility index (Phi) is 25.1. The predicted molar refractivity (Wildman–Crippen MR) is 435 cm³/mol. The molecule has 1 aliphatic carbocycles. The number of pyridine rings is 8. The Labute approximate surface area is 675 Å². The second-order valence-electron chi connectivity index (χ2n) is 27.8. The van der Waals surface area contributed by atoms with Crippen molar-refractivity contribution in [3.63, 3.8) is 0 Å². The molecule has 28 nitrogen and oxygen atoms in total. The largest absolute Gasteiger partial charge is 0.492 e. The summed E-state index contributed by atoms with van der Waals surface area (Å²) in [6.07, 6.45) is 28.6. The lowest BCUT2D eigenvalue weighted by Crippen LogP contribution is -2.49. The molecule has 12 aromatic heterocycles. The summed E-state index contributed by atoms with van der Waals surface area (Å²) >= 11 is 0. The molecule has 0 bridgehead atoms. The maximum absolute atomic E-state index is 13.1. The quantitative estimate of drug-likeness (QED) is 0.0721. The normalized spacial score (nSPS) is 14.0. The fourth-order valence-electron chi connectivity index (χ4n) is 14.0. The average Bonchev–Trinajstić information content (AvgIpc) is 1.84. The van der Waals surface area contributed by atoms with Gasteiger partial charge in [0.1, 0.15) is 65.1 Å². The SMILES string of the molecule is CCOc1cc(-c2ccc(N3CCN(C(=O)CC#Cc4cncnc4)CC3)nc2)c2c(C#N)cnn2c1.CCOc1cc(-c2ccc(N3CCN(C(=O)CC4(C#Cc5ccncc5)CC4)CC3)nc2)c2c(C#N)cnn2c1.CCOc1cc(-c2ccc(N3CCN(C(=O)CCC#CCc4ccc(F)cn4)CC3)nc2)c2c(C#N)cnn2c1. The van der Waals surface area contributed by atoms with Crippen molar-refractivity contribution in [1.29, 1.82) is 15.8 Å². The predicted octanol–water partition coefficient (Wildman–Crippen LogP) is 10.4. The molecule has 0 radical (unpaired) electrons. The maximum atomic E-state index is 13.1. The lowest BCUT2D eigenvalue weighted by atomic mass is 10.0. The van der Waals surface area contributed by atoms with Crippen LogP contribution in [-0.4, -0.2) is 195 Å². The third kappa shape index (κ3) is 19.3. The van der Waals surface area contributed by atoms with E-state index in [1.54, 1.807) is 94.0 Å². The Morgan fingerprint density at radius 1 is 0.462 bits per heavy atom. The minimum atomic E-state index is -0.370. The second kappa shape index (κ2) is 37.2. The van der Waals surface area contributed by atoms with E-state index >= 15 is 0 Å². The van der Waals surface area contributed by atoms with E-state index < -0.39 is 0 Å². The molecule has 0 aromatic carbocycles. The first-order valence-electron chi connectivity index (χ1n) is 38.6. The van der Waals surface area contributed by atoms with Gasteiger partial charge in [0, 0.05) is 186 Å². The molecule has 3 saturated heterocycles. The van der Waals surface area contributed by atoms with Crippen molar-refractivity contribution in [3.05, 3.63) is 211 Å². The van der Waals surface area contributed by atoms with Crippen molar-refractivity contribution in [2.24, 2.45) is 5.41 Å². The van der Waals surface area contributed by atoms with E-state index in [1.165, 1.54) is 18.6 Å². The second-order valence-corrected chi connectivity index (χ2v) is 27.8. The highest BCUT2D eigenvalue weighted by atomic mass is 19.1. The van der Waals surface area contributed by atoms with Gasteiger partial charge in [-0.15, -0.1) is 5.92 Å². The molecule has 3 aliphatic heterocycles. The summed E-state index contributed by atoms with van der Waals surface area (Å²) in [6.45, 7) is 15.3. The van der Waals surface area contributed by atoms with Gasteiger partial charge in [0.15, 0.2) is 0 Å². The standard InChI is InChI=1S/C31H29N7O2.C30H28FN7O2.C27H24N8O2/c1-2-40-26-17-27(30-25(19-32)21-35-38(30)22-26)24-3-4-28(34-20-24)36-13-15-37(16-14-36)29(39)18-31(9-10-31)8-5-23-6-11-33-12-7-23;1-2-40-26-16-27(30-23(17-32)19-35-38(30)21-26)22-8-11-28(34-18-22)36-12-14-37(15-13-36)29(39)7-5-3-4-6-25-10-9-24(31)20-33-25;1-2-37-23-12-24(27-22(13-28)17-32-35(27)18-23)21-6-7-25(31-16-21)33-8-10-34(11-9-33)26(36)5-3-4-20-14-29-19-30-15-20/h3-4,6-7,11-12,17,20-22H,2,9-10,13-16,18H2,1H3;8-11,16,18-21H,2,5-7,12-15H2,1H3;6-7,12,14-19H,2,5,8-11H2,1H3. The van der Waals surface area contributed by atoms with Crippen molar-refractivity contribution < 1.29 is 33.0 Å². The van der Waals surface area contributed by atoms with Crippen molar-refractivity contribution in [3.8, 4) is 104 Å². The summed E-state index contributed by atoms with van der Waals surface area (Å²) in [4.78, 5) is 80.5. The van der Waals surface area contributed by atoms with Crippen molar-refractivity contribution >= 4 is 51.7 Å². The smallest absolute Gasteiger partial charge is 0.234 e. The van der Waals surface area contributed by atoms with Crippen LogP contribution in [0.1, 0.15) is 92.8 Å². The number of ether oxygens (including phenoxy) is 3. The molecular weight excluding hydrogens is 1480 g/mol. The fraction of sp³-hybridized carbons (Fsp3) is 0.295. The zero-order valence-corrected chi connectivity index (χ0v) is 64.9. The molecule has 4 aliphatic rings. The van der Waals surface area contributed by atoms with Crippen molar-refractivity contribution in [1.82, 2.24) is 78.4 Å². The number of piperazine rings is 3. The number of rotatable bonds is 18. The Bertz CT molecular complexity index is 5880. The first-order valence-corrected chi connectivity index (χ1v) is 38.6. The Balaban J connectivity index is 0.000000145. The van der Waals surface area contributed by atoms with Gasteiger partial charge in [-0.25, -0.2) is 42.9 Å². The number of aromatic nitrogens is 13. The van der Waals surface area contributed by atoms with Crippen LogP contribution in [0.5, 0.6) is 17.2 Å². The Morgan fingerprint density at radius 2 is 0.906 bits per heavy atom. The van der Waals surface area contributed by atoms with Crippen LogP contribution in [0.15, 0.2) is 172 Å². The summed E-state index contributed by atoms with van der Waals surface area (Å²) in [7, 11) is 0. The Hall–Kier alpha value is -14.8. The number of anilines is 3. The van der Waals surface area contributed by atoms with Crippen LogP contribution >= 0.6 is 0 Å². The van der Waals surface area contributed by atoms with Gasteiger partial charge in [0.05, 0.1) is 121 Å². The van der Waals surface area contributed by atoms with Crippen LogP contribution in [0.3, 0.4) is 0 Å². The van der Waals surface area contributed by atoms with E-state index in [2.05, 4.69) is 109 Å². The lowest BCUT2D eigenvalue weighted by Gasteiger charge is -2.36. The first-order chi connectivity index (χ1) is 57.3. The highest BCUT2D eigenvalue weighted by molar-refractivity contribution is 5.88. The van der Waals surface area contributed by atoms with Gasteiger partial charge in [0.25, 0.3) is 0 Å². The third-order valence-electron chi connectivity index (χ3n) is 20.3. The van der Waals surface area contributed by atoms with E-state index in [1.807, 2.05) is 108 Å². The molecule has 16 rings (SSSR count). The van der Waals surface area contributed by atoms with Gasteiger partial charge in [-0.1, -0.05) is 29.6 Å². The van der Waals surface area contributed by atoms with E-state index in [0.29, 0.717) is 162 Å². The summed E-state index contributed by atoms with van der Waals surface area (Å²) in [5, 5.41) is 41.6. The highest BCUT2D eigenvalue weighted by Crippen LogP contribution is 2.49. The average molecular weight is 1560 g/mol. The molecule has 1 saturated carbocycles. The Morgan fingerprint density at radius 3 is 1.31 bits per heavy atom. The molecule has 0 spiro atoms. The van der Waals surface area contributed by atoms with Gasteiger partial charge in [-0.2, -0.15) is 31.1 Å². The van der Waals surface area contributed by atoms with Crippen LogP contribution in [0.4, 0.5) is 21.8 Å². The molecule has 0 atom stereocenters. The van der Waals surface area contributed by atoms with Crippen LogP contribution in [-0.2, 0) is 20.8 Å². The highest BCUT2D eigenvalue weighted by Gasteiger charge is 2.44. The van der Waals surface area contributed by atoms with Gasteiger partial charge >= 0.3 is 0 Å². The molecule has 3 amide bonds. The molecule has 29 heteroatoms. The number of fused-ring (bicyclic) bond motifs is 3. The van der Waals surface area contributed by atoms with Crippen molar-refractivity contribution in [2.75, 3.05) is 113 Å². The fourth-order valence-corrected chi connectivity index (χ4v) is 14.0.